The fraction of sp³-hybridized carbons (Fsp3) is 0.375. The van der Waals surface area contributed by atoms with Crippen LogP contribution in [0.25, 0.3) is 0 Å². The molecule has 0 spiro atoms. The number of likely N-dealkylation sites (N-methyl/N-ethyl adjacent to an activating group) is 1. The summed E-state index contributed by atoms with van der Waals surface area (Å²) in [5, 5.41) is 3.91. The second-order valence-electron chi connectivity index (χ2n) is 5.77. The van der Waals surface area contributed by atoms with Crippen molar-refractivity contribution in [1.82, 2.24) is 10.1 Å². The van der Waals surface area contributed by atoms with Crippen molar-refractivity contribution in [2.45, 2.75) is 13.5 Å². The van der Waals surface area contributed by atoms with Crippen LogP contribution in [0.3, 0.4) is 0 Å². The molecular weight excluding hydrogens is 299 g/mol. The van der Waals surface area contributed by atoms with Crippen molar-refractivity contribution in [1.29, 1.82) is 0 Å². The predicted octanol–water partition coefficient (Wildman–Crippen LogP) is 2.63. The smallest absolute Gasteiger partial charge is 0.324 e. The first-order valence-electron chi connectivity index (χ1n) is 7.41. The highest BCUT2D eigenvalue weighted by Crippen LogP contribution is 2.33. The van der Waals surface area contributed by atoms with Crippen LogP contribution in [0.4, 0.5) is 20.6 Å². The molecule has 7 heteroatoms. The van der Waals surface area contributed by atoms with E-state index in [0.29, 0.717) is 36.8 Å². The third-order valence-corrected chi connectivity index (χ3v) is 3.93. The second kappa shape index (κ2) is 5.91. The molecule has 1 aromatic heterocycles. The zero-order valence-corrected chi connectivity index (χ0v) is 13.4. The molecule has 2 aromatic rings. The molecule has 0 radical (unpaired) electrons. The van der Waals surface area contributed by atoms with E-state index < -0.39 is 0 Å². The summed E-state index contributed by atoms with van der Waals surface area (Å²) >= 11 is 0. The Kier molecular flexibility index (Phi) is 3.94. The van der Waals surface area contributed by atoms with Crippen molar-refractivity contribution in [2.75, 3.05) is 37.0 Å². The van der Waals surface area contributed by atoms with Crippen LogP contribution in [0.5, 0.6) is 0 Å². The van der Waals surface area contributed by atoms with Gasteiger partial charge in [0.05, 0.1) is 17.9 Å². The van der Waals surface area contributed by atoms with Gasteiger partial charge in [-0.3, -0.25) is 4.90 Å². The Hall–Kier alpha value is -2.57. The first-order chi connectivity index (χ1) is 11.0. The van der Waals surface area contributed by atoms with Gasteiger partial charge in [-0.25, -0.2) is 9.18 Å². The molecule has 0 N–H and O–H groups in total. The van der Waals surface area contributed by atoms with Crippen LogP contribution >= 0.6 is 0 Å². The summed E-state index contributed by atoms with van der Waals surface area (Å²) in [6.45, 7) is 3.37. The van der Waals surface area contributed by atoms with E-state index in [2.05, 4.69) is 5.16 Å². The van der Waals surface area contributed by atoms with E-state index in [9.17, 15) is 9.18 Å². The molecule has 1 aliphatic rings. The van der Waals surface area contributed by atoms with Crippen LogP contribution in [0.1, 0.15) is 11.5 Å². The molecule has 122 valence electrons. The highest BCUT2D eigenvalue weighted by molar-refractivity contribution is 5.96. The van der Waals surface area contributed by atoms with Gasteiger partial charge >= 0.3 is 6.03 Å². The molecular formula is C16H19FN4O2. The maximum absolute atomic E-state index is 13.5. The van der Waals surface area contributed by atoms with E-state index in [-0.39, 0.29) is 11.8 Å². The number of fused-ring (bicyclic) bond motifs is 1. The molecule has 3 rings (SSSR count). The molecule has 23 heavy (non-hydrogen) atoms. The number of halogens is 1. The monoisotopic (exact) mass is 318 g/mol. The van der Waals surface area contributed by atoms with Gasteiger partial charge in [-0.15, -0.1) is 0 Å². The van der Waals surface area contributed by atoms with E-state index in [4.69, 9.17) is 4.52 Å². The third kappa shape index (κ3) is 2.99. The number of hydrogen-bond acceptors (Lipinski definition) is 4. The Labute approximate surface area is 134 Å². The lowest BCUT2D eigenvalue weighted by Crippen LogP contribution is -2.47. The number of rotatable bonds is 2. The molecule has 1 aromatic carbocycles. The molecule has 0 atom stereocenters. The lowest BCUT2D eigenvalue weighted by Gasteiger charge is -2.37. The van der Waals surface area contributed by atoms with Crippen LogP contribution in [0, 0.1) is 12.7 Å². The van der Waals surface area contributed by atoms with E-state index in [0.717, 1.165) is 5.69 Å². The van der Waals surface area contributed by atoms with Gasteiger partial charge in [0.15, 0.2) is 0 Å². The SMILES string of the molecule is Cc1cc(CN(C)C(=O)N2CCN(C)c3cc(F)ccc32)no1. The first-order valence-corrected chi connectivity index (χ1v) is 7.41. The summed E-state index contributed by atoms with van der Waals surface area (Å²) < 4.78 is 18.5. The van der Waals surface area contributed by atoms with Gasteiger partial charge in [0.25, 0.3) is 0 Å². The topological polar surface area (TPSA) is 52.8 Å². The summed E-state index contributed by atoms with van der Waals surface area (Å²) in [5.41, 5.74) is 2.13. The maximum atomic E-state index is 13.5. The van der Waals surface area contributed by atoms with Crippen LogP contribution < -0.4 is 9.80 Å². The number of urea groups is 1. The number of carbonyl (C=O) groups excluding carboxylic acids is 1. The Morgan fingerprint density at radius 2 is 2.13 bits per heavy atom. The molecule has 2 amide bonds. The van der Waals surface area contributed by atoms with Gasteiger partial charge in [-0.1, -0.05) is 5.16 Å². The van der Waals surface area contributed by atoms with E-state index >= 15 is 0 Å². The average Bonchev–Trinajstić information content (AvgIpc) is 2.92. The quantitative estimate of drug-likeness (QED) is 0.854. The van der Waals surface area contributed by atoms with Crippen molar-refractivity contribution < 1.29 is 13.7 Å². The van der Waals surface area contributed by atoms with Crippen LogP contribution in [-0.4, -0.2) is 43.3 Å². The standard InChI is InChI=1S/C16H19FN4O2/c1-11-8-13(18-23-11)10-20(3)16(22)21-7-6-19(2)15-9-12(17)4-5-14(15)21/h4-5,8-9H,6-7,10H2,1-3H3. The lowest BCUT2D eigenvalue weighted by atomic mass is 10.1. The van der Waals surface area contributed by atoms with Crippen LogP contribution in [0.2, 0.25) is 0 Å². The van der Waals surface area contributed by atoms with Gasteiger partial charge < -0.3 is 14.3 Å². The number of benzene rings is 1. The van der Waals surface area contributed by atoms with Gasteiger partial charge in [-0.2, -0.15) is 0 Å². The Balaban J connectivity index is 1.81. The Bertz CT molecular complexity index is 731. The van der Waals surface area contributed by atoms with Crippen molar-refractivity contribution in [3.05, 3.63) is 41.5 Å². The highest BCUT2D eigenvalue weighted by Gasteiger charge is 2.28. The summed E-state index contributed by atoms with van der Waals surface area (Å²) in [5.74, 6) is 0.401. The van der Waals surface area contributed by atoms with Crippen molar-refractivity contribution in [3.8, 4) is 0 Å². The van der Waals surface area contributed by atoms with Crippen molar-refractivity contribution >= 4 is 17.4 Å². The van der Waals surface area contributed by atoms with Crippen molar-refractivity contribution in [3.63, 3.8) is 0 Å². The number of amides is 2. The Morgan fingerprint density at radius 3 is 2.83 bits per heavy atom. The summed E-state index contributed by atoms with van der Waals surface area (Å²) in [7, 11) is 3.61. The molecule has 0 saturated carbocycles. The molecule has 6 nitrogen and oxygen atoms in total. The van der Waals surface area contributed by atoms with Crippen LogP contribution in [-0.2, 0) is 6.54 Å². The first kappa shape index (κ1) is 15.3. The van der Waals surface area contributed by atoms with Crippen molar-refractivity contribution in [2.24, 2.45) is 0 Å². The number of hydrogen-bond donors (Lipinski definition) is 0. The highest BCUT2D eigenvalue weighted by atomic mass is 19.1. The zero-order valence-electron chi connectivity index (χ0n) is 13.4. The van der Waals surface area contributed by atoms with Gasteiger partial charge in [-0.05, 0) is 25.1 Å². The van der Waals surface area contributed by atoms with E-state index in [1.54, 1.807) is 29.0 Å². The lowest BCUT2D eigenvalue weighted by molar-refractivity contribution is 0.212. The molecule has 0 unspecified atom stereocenters. The summed E-state index contributed by atoms with van der Waals surface area (Å²) in [6.07, 6.45) is 0. The molecule has 1 aliphatic heterocycles. The average molecular weight is 318 g/mol. The van der Waals surface area contributed by atoms with Gasteiger partial charge in [0, 0.05) is 33.3 Å². The Morgan fingerprint density at radius 1 is 1.35 bits per heavy atom. The summed E-state index contributed by atoms with van der Waals surface area (Å²) in [4.78, 5) is 17.9. The number of aromatic nitrogens is 1. The molecule has 0 saturated heterocycles. The second-order valence-corrected chi connectivity index (χ2v) is 5.77. The minimum atomic E-state index is -0.309. The fourth-order valence-electron chi connectivity index (χ4n) is 2.73. The predicted molar refractivity (Wildman–Crippen MR) is 85.1 cm³/mol. The fourth-order valence-corrected chi connectivity index (χ4v) is 2.73. The number of aryl methyl sites for hydroxylation is 1. The minimum Gasteiger partial charge on any atom is -0.371 e. The number of carbonyl (C=O) groups is 1. The van der Waals surface area contributed by atoms with E-state index in [1.807, 2.05) is 18.9 Å². The summed E-state index contributed by atoms with van der Waals surface area (Å²) in [6, 6.07) is 6.13. The number of nitrogens with zero attached hydrogens (tertiary/aromatic N) is 4. The number of anilines is 2. The molecule has 2 heterocycles. The molecule has 0 fully saturated rings. The van der Waals surface area contributed by atoms with Crippen LogP contribution in [0.15, 0.2) is 28.8 Å². The molecule has 0 bridgehead atoms. The normalized spacial score (nSPS) is 13.9. The van der Waals surface area contributed by atoms with Gasteiger partial charge in [0.1, 0.15) is 17.3 Å². The van der Waals surface area contributed by atoms with Gasteiger partial charge in [0.2, 0.25) is 0 Å². The maximum Gasteiger partial charge on any atom is 0.324 e. The third-order valence-electron chi connectivity index (χ3n) is 3.93. The molecule has 0 aliphatic carbocycles. The largest absolute Gasteiger partial charge is 0.371 e. The minimum absolute atomic E-state index is 0.147. The zero-order chi connectivity index (χ0) is 16.6. The van der Waals surface area contributed by atoms with E-state index in [1.165, 1.54) is 12.1 Å².